The van der Waals surface area contributed by atoms with Crippen molar-refractivity contribution in [1.29, 1.82) is 0 Å². The zero-order chi connectivity index (χ0) is 20.4. The van der Waals surface area contributed by atoms with E-state index in [1.54, 1.807) is 23.6 Å². The van der Waals surface area contributed by atoms with Crippen LogP contribution in [0.2, 0.25) is 0 Å². The summed E-state index contributed by atoms with van der Waals surface area (Å²) in [4.78, 5) is 14.6. The topological polar surface area (TPSA) is 88.6 Å². The van der Waals surface area contributed by atoms with E-state index in [0.717, 1.165) is 12.8 Å². The summed E-state index contributed by atoms with van der Waals surface area (Å²) in [5, 5.41) is 0. The van der Waals surface area contributed by atoms with E-state index < -0.39 is 10.0 Å². The minimum atomic E-state index is -3.57. The molecule has 2 atom stereocenters. The maximum atomic E-state index is 13.0. The number of carbonyl (C=O) groups excluding carboxylic acids is 1. The number of nitrogens with zero attached hydrogens (tertiary/aromatic N) is 3. The Balaban J connectivity index is 2.14. The molecule has 2 unspecified atom stereocenters. The van der Waals surface area contributed by atoms with Gasteiger partial charge in [0.25, 0.3) is 5.91 Å². The van der Waals surface area contributed by atoms with Crippen LogP contribution in [0.15, 0.2) is 17.2 Å². The van der Waals surface area contributed by atoms with Crippen LogP contribution in [0.1, 0.15) is 50.5 Å². The number of piperidine rings is 1. The fourth-order valence-corrected chi connectivity index (χ4v) is 5.04. The lowest BCUT2D eigenvalue weighted by Gasteiger charge is -2.29. The van der Waals surface area contributed by atoms with Crippen molar-refractivity contribution in [3.63, 3.8) is 0 Å². The third kappa shape index (κ3) is 5.12. The maximum absolute atomic E-state index is 13.0. The third-order valence-electron chi connectivity index (χ3n) is 5.46. The van der Waals surface area contributed by atoms with E-state index in [2.05, 4.69) is 20.8 Å². The molecule has 0 aromatic carbocycles. The van der Waals surface area contributed by atoms with Gasteiger partial charge < -0.3 is 15.2 Å². The van der Waals surface area contributed by atoms with Gasteiger partial charge in [-0.2, -0.15) is 4.31 Å². The smallest absolute Gasteiger partial charge is 0.270 e. The second-order valence-corrected chi connectivity index (χ2v) is 10.1. The highest BCUT2D eigenvalue weighted by molar-refractivity contribution is 7.89. The van der Waals surface area contributed by atoms with Gasteiger partial charge in [0.05, 0.1) is 0 Å². The van der Waals surface area contributed by atoms with Gasteiger partial charge in [0, 0.05) is 46.0 Å². The third-order valence-corrected chi connectivity index (χ3v) is 7.29. The number of aryl methyl sites for hydroxylation is 1. The zero-order valence-electron chi connectivity index (χ0n) is 17.2. The van der Waals surface area contributed by atoms with Crippen molar-refractivity contribution in [2.24, 2.45) is 24.6 Å². The standard InChI is InChI=1S/C19H34N4O3S/c1-14(2)17(20)8-10-21(4)19(24)18-11-16(13-22(18)5)27(25,26)23-9-6-7-15(3)12-23/h11,13-15,17H,6-10,12,20H2,1-5H3. The first-order valence-electron chi connectivity index (χ1n) is 9.71. The van der Waals surface area contributed by atoms with Crippen LogP contribution in [0.4, 0.5) is 0 Å². The van der Waals surface area contributed by atoms with Gasteiger partial charge in [0.2, 0.25) is 10.0 Å². The SMILES string of the molecule is CC1CCCN(S(=O)(=O)c2cc(C(=O)N(C)CCC(N)C(C)C)n(C)c2)C1. The molecule has 0 saturated carbocycles. The summed E-state index contributed by atoms with van der Waals surface area (Å²) in [6, 6.07) is 1.53. The average Bonchev–Trinajstić information content (AvgIpc) is 3.01. The number of aromatic nitrogens is 1. The Kier molecular flexibility index (Phi) is 7.10. The molecule has 0 spiro atoms. The predicted octanol–water partition coefficient (Wildman–Crippen LogP) is 1.89. The summed E-state index contributed by atoms with van der Waals surface area (Å²) in [5.41, 5.74) is 6.43. The van der Waals surface area contributed by atoms with Crippen LogP contribution in [0.25, 0.3) is 0 Å². The fraction of sp³-hybridized carbons (Fsp3) is 0.737. The normalized spacial score (nSPS) is 20.0. The van der Waals surface area contributed by atoms with Crippen LogP contribution < -0.4 is 5.73 Å². The summed E-state index contributed by atoms with van der Waals surface area (Å²) in [7, 11) is -0.139. The Hall–Kier alpha value is -1.38. The number of nitrogens with two attached hydrogens (primary N) is 1. The van der Waals surface area contributed by atoms with E-state index >= 15 is 0 Å². The molecule has 2 rings (SSSR count). The minimum absolute atomic E-state index is 0.0330. The van der Waals surface area contributed by atoms with Crippen molar-refractivity contribution in [1.82, 2.24) is 13.8 Å². The molecular weight excluding hydrogens is 364 g/mol. The summed E-state index contributed by atoms with van der Waals surface area (Å²) in [6.45, 7) is 7.80. The molecule has 0 radical (unpaired) electrons. The lowest BCUT2D eigenvalue weighted by molar-refractivity contribution is 0.0779. The van der Waals surface area contributed by atoms with Crippen molar-refractivity contribution in [2.75, 3.05) is 26.7 Å². The van der Waals surface area contributed by atoms with Gasteiger partial charge in [-0.3, -0.25) is 4.79 Å². The van der Waals surface area contributed by atoms with E-state index in [0.29, 0.717) is 43.6 Å². The largest absolute Gasteiger partial charge is 0.345 e. The maximum Gasteiger partial charge on any atom is 0.270 e. The molecule has 0 bridgehead atoms. The minimum Gasteiger partial charge on any atom is -0.345 e. The van der Waals surface area contributed by atoms with E-state index in [1.165, 1.54) is 16.6 Å². The Labute approximate surface area is 163 Å². The highest BCUT2D eigenvalue weighted by Gasteiger charge is 2.31. The first-order valence-corrected chi connectivity index (χ1v) is 11.2. The van der Waals surface area contributed by atoms with E-state index in [9.17, 15) is 13.2 Å². The van der Waals surface area contributed by atoms with Gasteiger partial charge in [0.15, 0.2) is 0 Å². The summed E-state index contributed by atoms with van der Waals surface area (Å²) in [6.07, 6.45) is 4.17. The predicted molar refractivity (Wildman–Crippen MR) is 107 cm³/mol. The van der Waals surface area contributed by atoms with Crippen molar-refractivity contribution in [3.8, 4) is 0 Å². The molecular formula is C19H34N4O3S. The first-order chi connectivity index (χ1) is 12.5. The van der Waals surface area contributed by atoms with E-state index in [1.807, 2.05) is 0 Å². The summed E-state index contributed by atoms with van der Waals surface area (Å²) < 4.78 is 29.0. The lowest BCUT2D eigenvalue weighted by Crippen LogP contribution is -2.38. The molecule has 1 aliphatic rings. The number of hydrogen-bond acceptors (Lipinski definition) is 4. The number of sulfonamides is 1. The second kappa shape index (κ2) is 8.75. The van der Waals surface area contributed by atoms with Crippen LogP contribution in [-0.4, -0.2) is 60.8 Å². The number of rotatable bonds is 7. The Morgan fingerprint density at radius 1 is 1.41 bits per heavy atom. The van der Waals surface area contributed by atoms with Crippen LogP contribution in [0.5, 0.6) is 0 Å². The summed E-state index contributed by atoms with van der Waals surface area (Å²) >= 11 is 0. The van der Waals surface area contributed by atoms with Gasteiger partial charge in [-0.15, -0.1) is 0 Å². The van der Waals surface area contributed by atoms with Crippen LogP contribution in [0.3, 0.4) is 0 Å². The second-order valence-electron chi connectivity index (χ2n) is 8.21. The quantitative estimate of drug-likeness (QED) is 0.760. The Bertz CT molecular complexity index is 757. The molecule has 1 aliphatic heterocycles. The molecule has 8 heteroatoms. The molecule has 1 aromatic heterocycles. The Morgan fingerprint density at radius 2 is 2.07 bits per heavy atom. The van der Waals surface area contributed by atoms with Crippen LogP contribution in [0, 0.1) is 11.8 Å². The van der Waals surface area contributed by atoms with Gasteiger partial charge in [-0.1, -0.05) is 20.8 Å². The van der Waals surface area contributed by atoms with E-state index in [4.69, 9.17) is 5.73 Å². The fourth-order valence-electron chi connectivity index (χ4n) is 3.37. The first kappa shape index (κ1) is 21.9. The van der Waals surface area contributed by atoms with Crippen molar-refractivity contribution in [2.45, 2.75) is 51.0 Å². The number of hydrogen-bond donors (Lipinski definition) is 1. The zero-order valence-corrected chi connectivity index (χ0v) is 18.0. The lowest BCUT2D eigenvalue weighted by atomic mass is 10.0. The van der Waals surface area contributed by atoms with Gasteiger partial charge in [0.1, 0.15) is 10.6 Å². The van der Waals surface area contributed by atoms with Crippen molar-refractivity contribution in [3.05, 3.63) is 18.0 Å². The molecule has 1 fully saturated rings. The molecule has 7 nitrogen and oxygen atoms in total. The van der Waals surface area contributed by atoms with Crippen LogP contribution in [-0.2, 0) is 17.1 Å². The molecule has 27 heavy (non-hydrogen) atoms. The molecule has 2 heterocycles. The van der Waals surface area contributed by atoms with Gasteiger partial charge >= 0.3 is 0 Å². The number of carbonyl (C=O) groups is 1. The van der Waals surface area contributed by atoms with Gasteiger partial charge in [-0.25, -0.2) is 8.42 Å². The van der Waals surface area contributed by atoms with Crippen molar-refractivity contribution >= 4 is 15.9 Å². The number of amides is 1. The van der Waals surface area contributed by atoms with Crippen molar-refractivity contribution < 1.29 is 13.2 Å². The monoisotopic (exact) mass is 398 g/mol. The van der Waals surface area contributed by atoms with Gasteiger partial charge in [-0.05, 0) is 37.2 Å². The highest BCUT2D eigenvalue weighted by atomic mass is 32.2. The molecule has 1 saturated heterocycles. The Morgan fingerprint density at radius 3 is 2.67 bits per heavy atom. The average molecular weight is 399 g/mol. The molecule has 1 amide bonds. The van der Waals surface area contributed by atoms with E-state index in [-0.39, 0.29) is 16.8 Å². The molecule has 1 aromatic rings. The van der Waals surface area contributed by atoms with Crippen LogP contribution >= 0.6 is 0 Å². The summed E-state index contributed by atoms with van der Waals surface area (Å²) in [5.74, 6) is 0.517. The molecule has 0 aliphatic carbocycles. The highest BCUT2D eigenvalue weighted by Crippen LogP contribution is 2.25. The molecule has 154 valence electrons. The molecule has 2 N–H and O–H groups in total.